The molecule has 0 saturated carbocycles. The summed E-state index contributed by atoms with van der Waals surface area (Å²) in [6.45, 7) is 4.26. The summed E-state index contributed by atoms with van der Waals surface area (Å²) in [5.41, 5.74) is 2.03. The molecule has 0 fully saturated rings. The van der Waals surface area contributed by atoms with E-state index in [9.17, 15) is 9.90 Å². The number of rotatable bonds is 5. The Morgan fingerprint density at radius 2 is 2.05 bits per heavy atom. The van der Waals surface area contributed by atoms with Crippen molar-refractivity contribution >= 4 is 16.9 Å². The molecule has 1 aromatic heterocycles. The summed E-state index contributed by atoms with van der Waals surface area (Å²) in [5, 5.41) is 10.1. The van der Waals surface area contributed by atoms with E-state index < -0.39 is 5.97 Å². The largest absolute Gasteiger partial charge is 0.478 e. The summed E-state index contributed by atoms with van der Waals surface area (Å²) < 4.78 is 0. The molecule has 1 atom stereocenters. The van der Waals surface area contributed by atoms with Crippen LogP contribution < -0.4 is 0 Å². The van der Waals surface area contributed by atoms with Crippen molar-refractivity contribution in [3.63, 3.8) is 0 Å². The van der Waals surface area contributed by atoms with E-state index in [1.54, 1.807) is 6.07 Å². The van der Waals surface area contributed by atoms with Gasteiger partial charge in [-0.1, -0.05) is 38.5 Å². The van der Waals surface area contributed by atoms with E-state index in [1.165, 1.54) is 0 Å². The molecule has 2 rings (SSSR count). The normalized spacial score (nSPS) is 12.5. The quantitative estimate of drug-likeness (QED) is 0.872. The molecule has 0 saturated heterocycles. The average molecular weight is 257 g/mol. The van der Waals surface area contributed by atoms with Gasteiger partial charge in [0, 0.05) is 17.0 Å². The molecule has 0 aliphatic heterocycles. The van der Waals surface area contributed by atoms with Crippen molar-refractivity contribution in [3.05, 3.63) is 41.6 Å². The monoisotopic (exact) mass is 257 g/mol. The van der Waals surface area contributed by atoms with Crippen molar-refractivity contribution in [2.45, 2.75) is 39.0 Å². The van der Waals surface area contributed by atoms with Crippen LogP contribution in [-0.2, 0) is 0 Å². The molecule has 100 valence electrons. The molecule has 19 heavy (non-hydrogen) atoms. The van der Waals surface area contributed by atoms with Gasteiger partial charge in [-0.25, -0.2) is 4.79 Å². The summed E-state index contributed by atoms with van der Waals surface area (Å²) in [5.74, 6) is -0.543. The predicted molar refractivity (Wildman–Crippen MR) is 76.6 cm³/mol. The molecule has 1 N–H and O–H groups in total. The number of para-hydroxylation sites is 1. The smallest absolute Gasteiger partial charge is 0.336 e. The number of carboxylic acid groups (broad SMARTS) is 1. The highest BCUT2D eigenvalue weighted by atomic mass is 16.4. The number of nitrogens with zero attached hydrogens (tertiary/aromatic N) is 1. The van der Waals surface area contributed by atoms with E-state index in [2.05, 4.69) is 18.8 Å². The number of benzene rings is 1. The first-order valence-corrected chi connectivity index (χ1v) is 6.80. The fourth-order valence-corrected chi connectivity index (χ4v) is 2.49. The second-order valence-corrected chi connectivity index (χ2v) is 4.81. The van der Waals surface area contributed by atoms with Crippen molar-refractivity contribution in [2.75, 3.05) is 0 Å². The Morgan fingerprint density at radius 1 is 1.32 bits per heavy atom. The Balaban J connectivity index is 2.60. The molecule has 3 heteroatoms. The van der Waals surface area contributed by atoms with Gasteiger partial charge in [-0.05, 0) is 25.0 Å². The van der Waals surface area contributed by atoms with Gasteiger partial charge in [0.05, 0.1) is 11.1 Å². The number of hydrogen-bond acceptors (Lipinski definition) is 2. The van der Waals surface area contributed by atoms with Gasteiger partial charge in [0.2, 0.25) is 0 Å². The molecule has 1 heterocycles. The fraction of sp³-hybridized carbons (Fsp3) is 0.375. The van der Waals surface area contributed by atoms with Crippen molar-refractivity contribution in [3.8, 4) is 0 Å². The topological polar surface area (TPSA) is 50.2 Å². The first-order chi connectivity index (χ1) is 9.17. The average Bonchev–Trinajstić information content (AvgIpc) is 2.43. The van der Waals surface area contributed by atoms with Gasteiger partial charge in [0.15, 0.2) is 0 Å². The van der Waals surface area contributed by atoms with Crippen LogP contribution in [-0.4, -0.2) is 16.1 Å². The number of fused-ring (bicyclic) bond motifs is 1. The molecular formula is C16H19NO2. The molecule has 1 aromatic carbocycles. The maximum atomic E-state index is 11.4. The lowest BCUT2D eigenvalue weighted by Crippen LogP contribution is -2.05. The van der Waals surface area contributed by atoms with Gasteiger partial charge >= 0.3 is 5.97 Å². The maximum absolute atomic E-state index is 11.4. The number of aromatic nitrogens is 1. The number of carboxylic acids is 1. The Kier molecular flexibility index (Phi) is 4.15. The number of aromatic carboxylic acids is 1. The molecular weight excluding hydrogens is 238 g/mol. The lowest BCUT2D eigenvalue weighted by atomic mass is 9.94. The third-order valence-corrected chi connectivity index (χ3v) is 3.51. The van der Waals surface area contributed by atoms with Crippen molar-refractivity contribution in [1.82, 2.24) is 4.98 Å². The number of hydrogen-bond donors (Lipinski definition) is 1. The summed E-state index contributed by atoms with van der Waals surface area (Å²) >= 11 is 0. The predicted octanol–water partition coefficient (Wildman–Crippen LogP) is 4.23. The summed E-state index contributed by atoms with van der Waals surface area (Å²) in [4.78, 5) is 16.1. The Bertz CT molecular complexity index is 592. The fourth-order valence-electron chi connectivity index (χ4n) is 2.49. The van der Waals surface area contributed by atoms with E-state index in [4.69, 9.17) is 0 Å². The van der Waals surface area contributed by atoms with Crippen LogP contribution in [0.4, 0.5) is 0 Å². The van der Waals surface area contributed by atoms with Crippen LogP contribution >= 0.6 is 0 Å². The zero-order chi connectivity index (χ0) is 13.8. The first-order valence-electron chi connectivity index (χ1n) is 6.80. The molecule has 0 spiro atoms. The minimum atomic E-state index is -0.883. The number of carbonyl (C=O) groups is 1. The van der Waals surface area contributed by atoms with Crippen LogP contribution in [0.15, 0.2) is 30.3 Å². The van der Waals surface area contributed by atoms with Gasteiger partial charge in [0.25, 0.3) is 0 Å². The number of pyridine rings is 1. The van der Waals surface area contributed by atoms with Gasteiger partial charge in [-0.3, -0.25) is 4.98 Å². The lowest BCUT2D eigenvalue weighted by molar-refractivity contribution is 0.0699. The zero-order valence-electron chi connectivity index (χ0n) is 11.4. The third kappa shape index (κ3) is 2.75. The first kappa shape index (κ1) is 13.5. The zero-order valence-corrected chi connectivity index (χ0v) is 11.4. The molecule has 1 unspecified atom stereocenters. The molecule has 0 aliphatic carbocycles. The van der Waals surface area contributed by atoms with E-state index in [0.29, 0.717) is 16.9 Å². The highest BCUT2D eigenvalue weighted by Gasteiger charge is 2.16. The summed E-state index contributed by atoms with van der Waals surface area (Å²) in [6.07, 6.45) is 3.11. The lowest BCUT2D eigenvalue weighted by Gasteiger charge is -2.15. The third-order valence-electron chi connectivity index (χ3n) is 3.51. The standard InChI is InChI=1S/C16H19NO2/c1-3-7-11(4-2)15-10-13(16(18)19)12-8-5-6-9-14(12)17-15/h5-6,8-11H,3-4,7H2,1-2H3,(H,18,19). The molecule has 0 bridgehead atoms. The Labute approximate surface area is 113 Å². The van der Waals surface area contributed by atoms with E-state index in [0.717, 1.165) is 30.5 Å². The summed E-state index contributed by atoms with van der Waals surface area (Å²) in [6, 6.07) is 9.18. The molecule has 2 aromatic rings. The molecule has 0 aliphatic rings. The molecule has 0 amide bonds. The van der Waals surface area contributed by atoms with Crippen LogP contribution in [0.2, 0.25) is 0 Å². The SMILES string of the molecule is CCCC(CC)c1cc(C(=O)O)c2ccccc2n1. The highest BCUT2D eigenvalue weighted by molar-refractivity contribution is 6.02. The highest BCUT2D eigenvalue weighted by Crippen LogP contribution is 2.27. The maximum Gasteiger partial charge on any atom is 0.336 e. The van der Waals surface area contributed by atoms with Crippen molar-refractivity contribution in [2.24, 2.45) is 0 Å². The Morgan fingerprint density at radius 3 is 2.68 bits per heavy atom. The molecule has 0 radical (unpaired) electrons. The van der Waals surface area contributed by atoms with Gasteiger partial charge in [0.1, 0.15) is 0 Å². The van der Waals surface area contributed by atoms with Crippen LogP contribution in [0.3, 0.4) is 0 Å². The van der Waals surface area contributed by atoms with Crippen LogP contribution in [0.1, 0.15) is 55.1 Å². The van der Waals surface area contributed by atoms with E-state index in [-0.39, 0.29) is 0 Å². The second-order valence-electron chi connectivity index (χ2n) is 4.81. The van der Waals surface area contributed by atoms with E-state index in [1.807, 2.05) is 24.3 Å². The van der Waals surface area contributed by atoms with Gasteiger partial charge in [-0.15, -0.1) is 0 Å². The Hall–Kier alpha value is -1.90. The minimum Gasteiger partial charge on any atom is -0.478 e. The summed E-state index contributed by atoms with van der Waals surface area (Å²) in [7, 11) is 0. The second kappa shape index (κ2) is 5.83. The van der Waals surface area contributed by atoms with Gasteiger partial charge < -0.3 is 5.11 Å². The van der Waals surface area contributed by atoms with Crippen molar-refractivity contribution < 1.29 is 9.90 Å². The van der Waals surface area contributed by atoms with Crippen molar-refractivity contribution in [1.29, 1.82) is 0 Å². The van der Waals surface area contributed by atoms with E-state index >= 15 is 0 Å². The van der Waals surface area contributed by atoms with Crippen LogP contribution in [0, 0.1) is 0 Å². The minimum absolute atomic E-state index is 0.340. The van der Waals surface area contributed by atoms with Gasteiger partial charge in [-0.2, -0.15) is 0 Å². The van der Waals surface area contributed by atoms with Crippen LogP contribution in [0.25, 0.3) is 10.9 Å². The molecule has 3 nitrogen and oxygen atoms in total. The van der Waals surface area contributed by atoms with Crippen LogP contribution in [0.5, 0.6) is 0 Å².